The fourth-order valence-electron chi connectivity index (χ4n) is 2.39. The minimum Gasteiger partial charge on any atom is -0.383 e. The van der Waals surface area contributed by atoms with Gasteiger partial charge in [-0.05, 0) is 24.1 Å². The molecule has 1 fully saturated rings. The molecular weight excluding hydrogens is 372 g/mol. The molecule has 1 amide bonds. The summed E-state index contributed by atoms with van der Waals surface area (Å²) in [6.45, 7) is 0.694. The fraction of sp³-hybridized carbons (Fsp3) is 0.222. The van der Waals surface area contributed by atoms with E-state index in [1.165, 1.54) is 4.90 Å². The van der Waals surface area contributed by atoms with Gasteiger partial charge in [0.2, 0.25) is 5.28 Å². The molecule has 0 bridgehead atoms. The number of hydrogen-bond donors (Lipinski definition) is 1. The number of nitrogens with zero attached hydrogens (tertiary/aromatic N) is 4. The second-order valence-electron chi connectivity index (χ2n) is 5.68. The van der Waals surface area contributed by atoms with Crippen LogP contribution in [-0.2, 0) is 4.79 Å². The van der Waals surface area contributed by atoms with Crippen molar-refractivity contribution in [2.24, 2.45) is 0 Å². The van der Waals surface area contributed by atoms with Gasteiger partial charge in [0.1, 0.15) is 16.8 Å². The molecule has 8 heteroatoms. The standard InChI is InChI=1S/C13H8ClN3S.C5H9NO2/c14-13-15-7-6-10(17-13)11-8-18-12(16-11)9-4-2-1-3-5-9;1-6-3-2-4(7)5(6)8/h1-8H;4,7H,2-3H2,1H3. The molecule has 1 aliphatic heterocycles. The molecule has 0 saturated carbocycles. The first-order valence-corrected chi connectivity index (χ1v) is 9.23. The van der Waals surface area contributed by atoms with Crippen molar-refractivity contribution in [3.63, 3.8) is 0 Å². The fourth-order valence-corrected chi connectivity index (χ4v) is 3.35. The van der Waals surface area contributed by atoms with Gasteiger partial charge in [-0.15, -0.1) is 11.3 Å². The lowest BCUT2D eigenvalue weighted by Gasteiger charge is -2.04. The van der Waals surface area contributed by atoms with Crippen LogP contribution < -0.4 is 0 Å². The van der Waals surface area contributed by atoms with Crippen LogP contribution in [0.2, 0.25) is 5.28 Å². The Kier molecular flexibility index (Phi) is 5.92. The lowest BCUT2D eigenvalue weighted by atomic mass is 10.2. The first-order valence-electron chi connectivity index (χ1n) is 7.97. The summed E-state index contributed by atoms with van der Waals surface area (Å²) in [7, 11) is 1.69. The van der Waals surface area contributed by atoms with E-state index in [-0.39, 0.29) is 11.2 Å². The number of likely N-dealkylation sites (N-methyl/N-ethyl adjacent to an activating group) is 1. The number of aliphatic hydroxyl groups is 1. The van der Waals surface area contributed by atoms with Crippen LogP contribution in [0.5, 0.6) is 0 Å². The Morgan fingerprint density at radius 2 is 1.96 bits per heavy atom. The molecule has 1 N–H and O–H groups in total. The zero-order valence-corrected chi connectivity index (χ0v) is 15.6. The second-order valence-corrected chi connectivity index (χ2v) is 6.88. The van der Waals surface area contributed by atoms with Gasteiger partial charge in [-0.1, -0.05) is 30.3 Å². The smallest absolute Gasteiger partial charge is 0.251 e. The van der Waals surface area contributed by atoms with Crippen molar-refractivity contribution in [3.05, 3.63) is 53.3 Å². The molecule has 3 heterocycles. The van der Waals surface area contributed by atoms with Crippen molar-refractivity contribution >= 4 is 28.8 Å². The van der Waals surface area contributed by atoms with Crippen LogP contribution in [0.4, 0.5) is 0 Å². The van der Waals surface area contributed by atoms with Crippen LogP contribution in [0.15, 0.2) is 48.0 Å². The largest absolute Gasteiger partial charge is 0.383 e. The van der Waals surface area contributed by atoms with E-state index in [2.05, 4.69) is 15.0 Å². The molecule has 134 valence electrons. The highest BCUT2D eigenvalue weighted by molar-refractivity contribution is 7.13. The molecule has 0 spiro atoms. The Bertz CT molecular complexity index is 876. The Hall–Kier alpha value is -2.35. The zero-order chi connectivity index (χ0) is 18.5. The van der Waals surface area contributed by atoms with Crippen LogP contribution in [0.1, 0.15) is 6.42 Å². The van der Waals surface area contributed by atoms with E-state index in [1.54, 1.807) is 30.6 Å². The Labute approximate surface area is 160 Å². The third-order valence-electron chi connectivity index (χ3n) is 3.81. The Morgan fingerprint density at radius 3 is 2.54 bits per heavy atom. The van der Waals surface area contributed by atoms with E-state index in [9.17, 15) is 4.79 Å². The molecule has 1 atom stereocenters. The summed E-state index contributed by atoms with van der Waals surface area (Å²) in [5, 5.41) is 12.0. The van der Waals surface area contributed by atoms with Crippen LogP contribution in [-0.4, -0.2) is 50.6 Å². The SMILES string of the molecule is CN1CCC(O)C1=O.Clc1nccc(-c2csc(-c3ccccc3)n2)n1. The van der Waals surface area contributed by atoms with Crippen molar-refractivity contribution in [2.75, 3.05) is 13.6 Å². The number of hydrogen-bond acceptors (Lipinski definition) is 6. The lowest BCUT2D eigenvalue weighted by Crippen LogP contribution is -2.24. The second kappa shape index (κ2) is 8.35. The molecule has 0 radical (unpaired) electrons. The predicted molar refractivity (Wildman–Crippen MR) is 102 cm³/mol. The highest BCUT2D eigenvalue weighted by atomic mass is 35.5. The van der Waals surface area contributed by atoms with Gasteiger partial charge >= 0.3 is 0 Å². The normalized spacial score (nSPS) is 16.3. The van der Waals surface area contributed by atoms with Gasteiger partial charge in [-0.2, -0.15) is 0 Å². The number of amides is 1. The van der Waals surface area contributed by atoms with E-state index in [0.29, 0.717) is 13.0 Å². The number of rotatable bonds is 2. The maximum absolute atomic E-state index is 10.6. The summed E-state index contributed by atoms with van der Waals surface area (Å²) < 4.78 is 0. The molecule has 6 nitrogen and oxygen atoms in total. The van der Waals surface area contributed by atoms with Gasteiger partial charge in [0.25, 0.3) is 5.91 Å². The topological polar surface area (TPSA) is 79.2 Å². The van der Waals surface area contributed by atoms with E-state index in [0.717, 1.165) is 22.0 Å². The molecule has 1 unspecified atom stereocenters. The maximum Gasteiger partial charge on any atom is 0.251 e. The molecule has 4 rings (SSSR count). The number of aromatic nitrogens is 3. The number of benzene rings is 1. The van der Waals surface area contributed by atoms with Gasteiger partial charge < -0.3 is 10.0 Å². The minimum absolute atomic E-state index is 0.148. The quantitative estimate of drug-likeness (QED) is 0.682. The number of halogens is 1. The van der Waals surface area contributed by atoms with Crippen LogP contribution in [0.3, 0.4) is 0 Å². The predicted octanol–water partition coefficient (Wildman–Crippen LogP) is 3.13. The average Bonchev–Trinajstić information content (AvgIpc) is 3.26. The Morgan fingerprint density at radius 1 is 1.19 bits per heavy atom. The Balaban J connectivity index is 0.000000206. The average molecular weight is 389 g/mol. The number of aliphatic hydroxyl groups excluding tert-OH is 1. The molecule has 0 aliphatic carbocycles. The molecule has 3 aromatic rings. The van der Waals surface area contributed by atoms with E-state index in [1.807, 2.05) is 35.7 Å². The van der Waals surface area contributed by atoms with Crippen LogP contribution in [0, 0.1) is 0 Å². The zero-order valence-electron chi connectivity index (χ0n) is 14.0. The molecular formula is C18H17ClN4O2S. The molecule has 26 heavy (non-hydrogen) atoms. The summed E-state index contributed by atoms with van der Waals surface area (Å²) in [4.78, 5) is 24.7. The van der Waals surface area contributed by atoms with Gasteiger partial charge in [-0.3, -0.25) is 4.79 Å². The molecule has 1 saturated heterocycles. The summed E-state index contributed by atoms with van der Waals surface area (Å²) in [6, 6.07) is 11.9. The van der Waals surface area contributed by atoms with Crippen molar-refractivity contribution in [3.8, 4) is 22.0 Å². The third-order valence-corrected chi connectivity index (χ3v) is 4.89. The van der Waals surface area contributed by atoms with Gasteiger partial charge in [0, 0.05) is 30.7 Å². The highest BCUT2D eigenvalue weighted by Crippen LogP contribution is 2.27. The summed E-state index contributed by atoms with van der Waals surface area (Å²) in [6.07, 6.45) is 1.50. The number of carbonyl (C=O) groups is 1. The van der Waals surface area contributed by atoms with Crippen molar-refractivity contribution in [2.45, 2.75) is 12.5 Å². The van der Waals surface area contributed by atoms with E-state index < -0.39 is 6.10 Å². The first-order chi connectivity index (χ1) is 12.5. The lowest BCUT2D eigenvalue weighted by molar-refractivity contribution is -0.133. The van der Waals surface area contributed by atoms with Crippen LogP contribution >= 0.6 is 22.9 Å². The molecule has 1 aromatic carbocycles. The number of likely N-dealkylation sites (tertiary alicyclic amines) is 1. The molecule has 2 aromatic heterocycles. The molecule has 1 aliphatic rings. The van der Waals surface area contributed by atoms with Crippen LogP contribution in [0.25, 0.3) is 22.0 Å². The summed E-state index contributed by atoms with van der Waals surface area (Å²) >= 11 is 7.36. The first kappa shape index (κ1) is 18.4. The van der Waals surface area contributed by atoms with E-state index in [4.69, 9.17) is 16.7 Å². The van der Waals surface area contributed by atoms with Gasteiger partial charge in [0.05, 0.1) is 5.69 Å². The summed E-state index contributed by atoms with van der Waals surface area (Å²) in [5.74, 6) is -0.148. The third kappa shape index (κ3) is 4.43. The number of carbonyl (C=O) groups excluding carboxylic acids is 1. The van der Waals surface area contributed by atoms with Gasteiger partial charge in [0.15, 0.2) is 0 Å². The van der Waals surface area contributed by atoms with Crippen molar-refractivity contribution in [1.82, 2.24) is 19.9 Å². The monoisotopic (exact) mass is 388 g/mol. The highest BCUT2D eigenvalue weighted by Gasteiger charge is 2.25. The van der Waals surface area contributed by atoms with Gasteiger partial charge in [-0.25, -0.2) is 15.0 Å². The number of thiazole rings is 1. The van der Waals surface area contributed by atoms with Crippen molar-refractivity contribution in [1.29, 1.82) is 0 Å². The summed E-state index contributed by atoms with van der Waals surface area (Å²) in [5.41, 5.74) is 2.67. The van der Waals surface area contributed by atoms with E-state index >= 15 is 0 Å². The van der Waals surface area contributed by atoms with Crippen molar-refractivity contribution < 1.29 is 9.90 Å². The minimum atomic E-state index is -0.722. The maximum atomic E-state index is 10.6.